The summed E-state index contributed by atoms with van der Waals surface area (Å²) in [5.74, 6) is -0.0682. The summed E-state index contributed by atoms with van der Waals surface area (Å²) in [5, 5.41) is 7.45. The molecule has 0 radical (unpaired) electrons. The molecule has 3 N–H and O–H groups in total. The van der Waals surface area contributed by atoms with Crippen LogP contribution in [0.3, 0.4) is 0 Å². The molecule has 0 aromatic carbocycles. The van der Waals surface area contributed by atoms with Crippen molar-refractivity contribution in [2.75, 3.05) is 0 Å². The van der Waals surface area contributed by atoms with Crippen molar-refractivity contribution in [1.29, 1.82) is 5.41 Å². The maximum atomic E-state index is 7.45. The van der Waals surface area contributed by atoms with Crippen molar-refractivity contribution in [3.05, 3.63) is 48.7 Å². The Bertz CT molecular complexity index is 621. The van der Waals surface area contributed by atoms with Gasteiger partial charge in [-0.3, -0.25) is 5.41 Å². The summed E-state index contributed by atoms with van der Waals surface area (Å²) >= 11 is 0. The second-order valence-electron chi connectivity index (χ2n) is 3.49. The molecule has 0 unspecified atom stereocenters. The first kappa shape index (κ1) is 11.1. The van der Waals surface area contributed by atoms with E-state index in [1.54, 1.807) is 29.1 Å². The second-order valence-corrected chi connectivity index (χ2v) is 3.49. The van der Waals surface area contributed by atoms with E-state index < -0.39 is 0 Å². The first-order chi connectivity index (χ1) is 8.17. The van der Waals surface area contributed by atoms with Crippen LogP contribution in [0.5, 0.6) is 0 Å². The van der Waals surface area contributed by atoms with Crippen LogP contribution in [0, 0.1) is 5.41 Å². The number of nitrogens with two attached hydrogens (primary N) is 1. The molecule has 2 aromatic heterocycles. The fraction of sp³-hybridized carbons (Fsp3) is 0.0833. The van der Waals surface area contributed by atoms with Gasteiger partial charge in [-0.05, 0) is 12.5 Å². The minimum absolute atomic E-state index is 0.0682. The zero-order chi connectivity index (χ0) is 12.4. The molecule has 0 saturated heterocycles. The molecule has 0 bridgehead atoms. The molecule has 0 aliphatic carbocycles. The number of imidazole rings is 1. The molecule has 5 heteroatoms. The van der Waals surface area contributed by atoms with Gasteiger partial charge in [-0.15, -0.1) is 0 Å². The van der Waals surface area contributed by atoms with Gasteiger partial charge in [0.05, 0.1) is 0 Å². The van der Waals surface area contributed by atoms with Crippen LogP contribution in [0.15, 0.2) is 37.3 Å². The lowest BCUT2D eigenvalue weighted by atomic mass is 10.1. The molecule has 0 amide bonds. The minimum Gasteiger partial charge on any atom is -0.382 e. The van der Waals surface area contributed by atoms with Gasteiger partial charge in [-0.25, -0.2) is 9.97 Å². The molecular formula is C12H13N5. The molecule has 86 valence electrons. The van der Waals surface area contributed by atoms with E-state index in [9.17, 15) is 0 Å². The van der Waals surface area contributed by atoms with E-state index >= 15 is 0 Å². The minimum atomic E-state index is -0.0682. The van der Waals surface area contributed by atoms with E-state index in [0.29, 0.717) is 11.4 Å². The number of nitrogen functional groups attached to an aromatic ring is 1. The average Bonchev–Trinajstić information content (AvgIpc) is 2.78. The number of amidine groups is 1. The van der Waals surface area contributed by atoms with Crippen LogP contribution in [0.25, 0.3) is 11.2 Å². The summed E-state index contributed by atoms with van der Waals surface area (Å²) < 4.78 is 1.80. The Labute approximate surface area is 98.8 Å². The van der Waals surface area contributed by atoms with Crippen molar-refractivity contribution in [2.45, 2.75) is 6.92 Å². The van der Waals surface area contributed by atoms with Crippen molar-refractivity contribution >= 4 is 17.1 Å². The van der Waals surface area contributed by atoms with Crippen LogP contribution < -0.4 is 5.73 Å². The molecule has 2 aromatic rings. The Morgan fingerprint density at radius 2 is 2.35 bits per heavy atom. The Hall–Kier alpha value is -2.43. The van der Waals surface area contributed by atoms with E-state index in [4.69, 9.17) is 11.1 Å². The first-order valence-electron chi connectivity index (χ1n) is 5.14. The fourth-order valence-corrected chi connectivity index (χ4v) is 1.61. The number of hydrogen-bond donors (Lipinski definition) is 2. The van der Waals surface area contributed by atoms with Gasteiger partial charge in [-0.2, -0.15) is 0 Å². The molecule has 0 aliphatic heterocycles. The van der Waals surface area contributed by atoms with Crippen LogP contribution in [-0.4, -0.2) is 20.2 Å². The largest absolute Gasteiger partial charge is 0.382 e. The quantitative estimate of drug-likeness (QED) is 0.475. The summed E-state index contributed by atoms with van der Waals surface area (Å²) in [6.45, 7) is 5.65. The highest BCUT2D eigenvalue weighted by molar-refractivity contribution is 5.94. The maximum absolute atomic E-state index is 7.45. The van der Waals surface area contributed by atoms with Crippen LogP contribution >= 0.6 is 0 Å². The maximum Gasteiger partial charge on any atom is 0.163 e. The number of nitrogens with one attached hydrogen (secondary N) is 1. The Morgan fingerprint density at radius 3 is 2.94 bits per heavy atom. The van der Waals surface area contributed by atoms with E-state index in [2.05, 4.69) is 16.5 Å². The molecule has 0 saturated carbocycles. The fourth-order valence-electron chi connectivity index (χ4n) is 1.61. The molecular weight excluding hydrogens is 214 g/mol. The summed E-state index contributed by atoms with van der Waals surface area (Å²) in [6.07, 6.45) is 8.77. The predicted molar refractivity (Wildman–Crippen MR) is 67.9 cm³/mol. The van der Waals surface area contributed by atoms with Gasteiger partial charge < -0.3 is 10.1 Å². The van der Waals surface area contributed by atoms with E-state index in [0.717, 1.165) is 11.2 Å². The molecule has 0 aliphatic rings. The number of nitrogens with zero attached hydrogens (tertiary/aromatic N) is 3. The van der Waals surface area contributed by atoms with Crippen molar-refractivity contribution in [2.24, 2.45) is 5.73 Å². The number of allylic oxidation sites excluding steroid dienone is 3. The van der Waals surface area contributed by atoms with Crippen molar-refractivity contribution in [3.8, 4) is 0 Å². The highest BCUT2D eigenvalue weighted by Gasteiger charge is 2.10. The Balaban J connectivity index is 2.79. The molecule has 2 heterocycles. The van der Waals surface area contributed by atoms with Crippen LogP contribution in [0.1, 0.15) is 18.3 Å². The lowest BCUT2D eigenvalue weighted by molar-refractivity contribution is 1.09. The Morgan fingerprint density at radius 1 is 1.59 bits per heavy atom. The zero-order valence-electron chi connectivity index (χ0n) is 9.51. The van der Waals surface area contributed by atoms with E-state index in [1.807, 2.05) is 13.0 Å². The van der Waals surface area contributed by atoms with Crippen molar-refractivity contribution in [3.63, 3.8) is 0 Å². The number of fused-ring (bicyclic) bond motifs is 1. The normalized spacial score (nSPS) is 11.7. The number of rotatable bonds is 3. The first-order valence-corrected chi connectivity index (χ1v) is 5.14. The van der Waals surface area contributed by atoms with Crippen LogP contribution in [-0.2, 0) is 0 Å². The summed E-state index contributed by atoms with van der Waals surface area (Å²) in [6, 6.07) is 0. The summed E-state index contributed by atoms with van der Waals surface area (Å²) in [7, 11) is 0. The van der Waals surface area contributed by atoms with Gasteiger partial charge >= 0.3 is 0 Å². The highest BCUT2D eigenvalue weighted by Crippen LogP contribution is 2.18. The molecule has 0 fully saturated rings. The lowest BCUT2D eigenvalue weighted by Gasteiger charge is -2.06. The summed E-state index contributed by atoms with van der Waals surface area (Å²) in [5.41, 5.74) is 8.16. The lowest BCUT2D eigenvalue weighted by Crippen LogP contribution is -2.15. The third-order valence-corrected chi connectivity index (χ3v) is 2.45. The topological polar surface area (TPSA) is 80.1 Å². The predicted octanol–water partition coefficient (Wildman–Crippen LogP) is 1.60. The monoisotopic (exact) mass is 227 g/mol. The standard InChI is InChI=1S/C12H13N5/c1-3-8(4-2)10-12-15-5-6-17(12)7-9(16-10)11(13)14/h3-7H,1H2,2H3,(H3,13,14)/b8-4+. The van der Waals surface area contributed by atoms with Gasteiger partial charge in [0.25, 0.3) is 0 Å². The third kappa shape index (κ3) is 1.82. The molecule has 2 rings (SSSR count). The van der Waals surface area contributed by atoms with Gasteiger partial charge in [0, 0.05) is 18.6 Å². The second kappa shape index (κ2) is 4.21. The highest BCUT2D eigenvalue weighted by atomic mass is 15.0. The van der Waals surface area contributed by atoms with Crippen molar-refractivity contribution < 1.29 is 0 Å². The third-order valence-electron chi connectivity index (χ3n) is 2.45. The molecule has 5 nitrogen and oxygen atoms in total. The molecule has 17 heavy (non-hydrogen) atoms. The Kier molecular flexibility index (Phi) is 2.74. The van der Waals surface area contributed by atoms with Gasteiger partial charge in [0.15, 0.2) is 5.65 Å². The average molecular weight is 227 g/mol. The van der Waals surface area contributed by atoms with Crippen LogP contribution in [0.4, 0.5) is 0 Å². The zero-order valence-corrected chi connectivity index (χ0v) is 9.51. The van der Waals surface area contributed by atoms with Gasteiger partial charge in [0.2, 0.25) is 0 Å². The number of hydrogen-bond acceptors (Lipinski definition) is 3. The van der Waals surface area contributed by atoms with E-state index in [1.165, 1.54) is 0 Å². The smallest absolute Gasteiger partial charge is 0.163 e. The molecule has 0 spiro atoms. The molecule has 0 atom stereocenters. The summed E-state index contributed by atoms with van der Waals surface area (Å²) in [4.78, 5) is 8.58. The van der Waals surface area contributed by atoms with Crippen LogP contribution in [0.2, 0.25) is 0 Å². The number of aromatic nitrogens is 3. The van der Waals surface area contributed by atoms with E-state index in [-0.39, 0.29) is 5.84 Å². The van der Waals surface area contributed by atoms with Gasteiger partial charge in [0.1, 0.15) is 17.2 Å². The SMILES string of the molecule is C=C/C(=C\C)c1nc(C(=N)N)cn2ccnc12. The van der Waals surface area contributed by atoms with Gasteiger partial charge in [-0.1, -0.05) is 18.7 Å². The van der Waals surface area contributed by atoms with Crippen molar-refractivity contribution in [1.82, 2.24) is 14.4 Å².